The van der Waals surface area contributed by atoms with Gasteiger partial charge in [-0.3, -0.25) is 0 Å². The Morgan fingerprint density at radius 2 is 1.75 bits per heavy atom. The molecule has 0 spiro atoms. The molecule has 0 aliphatic carbocycles. The van der Waals surface area contributed by atoms with Crippen LogP contribution in [0.2, 0.25) is 0 Å². The van der Waals surface area contributed by atoms with Crippen molar-refractivity contribution in [1.82, 2.24) is 4.98 Å². The van der Waals surface area contributed by atoms with Crippen LogP contribution in [0, 0.1) is 25.2 Å². The standard InChI is InChI=1S/C8H6Br2N2/c1-4-5(2)7(9)12-8(10)6(4)3-11/h1-2H3. The molecule has 0 radical (unpaired) electrons. The van der Waals surface area contributed by atoms with Gasteiger partial charge >= 0.3 is 0 Å². The van der Waals surface area contributed by atoms with E-state index in [1.54, 1.807) is 0 Å². The molecule has 1 aromatic heterocycles. The van der Waals surface area contributed by atoms with Crippen LogP contribution in [0.1, 0.15) is 16.7 Å². The summed E-state index contributed by atoms with van der Waals surface area (Å²) in [5.74, 6) is 0. The van der Waals surface area contributed by atoms with Crippen LogP contribution in [-0.4, -0.2) is 4.98 Å². The van der Waals surface area contributed by atoms with E-state index in [1.807, 2.05) is 13.8 Å². The van der Waals surface area contributed by atoms with Crippen molar-refractivity contribution in [3.05, 3.63) is 25.9 Å². The highest BCUT2D eigenvalue weighted by molar-refractivity contribution is 9.11. The van der Waals surface area contributed by atoms with E-state index in [0.29, 0.717) is 10.2 Å². The van der Waals surface area contributed by atoms with Crippen LogP contribution in [0.3, 0.4) is 0 Å². The Bertz CT molecular complexity index is 366. The predicted molar refractivity (Wildman–Crippen MR) is 53.8 cm³/mol. The third kappa shape index (κ3) is 1.52. The summed E-state index contributed by atoms with van der Waals surface area (Å²) in [5.41, 5.74) is 2.58. The van der Waals surface area contributed by atoms with Crippen molar-refractivity contribution >= 4 is 31.9 Å². The van der Waals surface area contributed by atoms with E-state index < -0.39 is 0 Å². The Kier molecular flexibility index (Phi) is 2.86. The molecule has 0 amide bonds. The van der Waals surface area contributed by atoms with Gasteiger partial charge < -0.3 is 0 Å². The van der Waals surface area contributed by atoms with Crippen LogP contribution < -0.4 is 0 Å². The minimum absolute atomic E-state index is 0.597. The van der Waals surface area contributed by atoms with E-state index in [9.17, 15) is 0 Å². The molecule has 12 heavy (non-hydrogen) atoms. The zero-order valence-electron chi connectivity index (χ0n) is 6.65. The maximum Gasteiger partial charge on any atom is 0.125 e. The summed E-state index contributed by atoms with van der Waals surface area (Å²) < 4.78 is 1.38. The number of nitriles is 1. The second-order valence-electron chi connectivity index (χ2n) is 2.43. The minimum atomic E-state index is 0.597. The minimum Gasteiger partial charge on any atom is -0.232 e. The maximum absolute atomic E-state index is 8.78. The summed E-state index contributed by atoms with van der Waals surface area (Å²) in [7, 11) is 0. The summed E-state index contributed by atoms with van der Waals surface area (Å²) in [6, 6.07) is 2.10. The van der Waals surface area contributed by atoms with Gasteiger partial charge in [-0.1, -0.05) is 0 Å². The summed E-state index contributed by atoms with van der Waals surface area (Å²) in [6.07, 6.45) is 0. The van der Waals surface area contributed by atoms with Gasteiger partial charge in [-0.05, 0) is 56.8 Å². The molecule has 0 fully saturated rings. The molecule has 1 aromatic rings. The molecule has 0 aliphatic rings. The van der Waals surface area contributed by atoms with E-state index in [4.69, 9.17) is 5.26 Å². The van der Waals surface area contributed by atoms with E-state index in [2.05, 4.69) is 42.9 Å². The molecule has 1 rings (SSSR count). The normalized spacial score (nSPS) is 9.58. The van der Waals surface area contributed by atoms with Crippen LogP contribution in [0.5, 0.6) is 0 Å². The van der Waals surface area contributed by atoms with Crippen LogP contribution in [0.4, 0.5) is 0 Å². The zero-order chi connectivity index (χ0) is 9.30. The fraction of sp³-hybridized carbons (Fsp3) is 0.250. The van der Waals surface area contributed by atoms with E-state index in [-0.39, 0.29) is 0 Å². The first-order valence-corrected chi connectivity index (χ1v) is 4.88. The van der Waals surface area contributed by atoms with E-state index in [0.717, 1.165) is 15.7 Å². The molecule has 2 nitrogen and oxygen atoms in total. The number of halogens is 2. The molecular formula is C8H6Br2N2. The Labute approximate surface area is 87.9 Å². The number of hydrogen-bond acceptors (Lipinski definition) is 2. The fourth-order valence-electron chi connectivity index (χ4n) is 0.853. The average molecular weight is 290 g/mol. The lowest BCUT2D eigenvalue weighted by Gasteiger charge is -2.05. The molecule has 0 aliphatic heterocycles. The lowest BCUT2D eigenvalue weighted by molar-refractivity contribution is 1.12. The number of rotatable bonds is 0. The van der Waals surface area contributed by atoms with Gasteiger partial charge in [0.05, 0.1) is 5.56 Å². The molecule has 0 bridgehead atoms. The maximum atomic E-state index is 8.78. The number of pyridine rings is 1. The SMILES string of the molecule is Cc1c(Br)nc(Br)c(C#N)c1C. The van der Waals surface area contributed by atoms with E-state index in [1.165, 1.54) is 0 Å². The number of hydrogen-bond donors (Lipinski definition) is 0. The second kappa shape index (κ2) is 3.55. The third-order valence-electron chi connectivity index (χ3n) is 1.76. The first kappa shape index (κ1) is 9.69. The van der Waals surface area contributed by atoms with Crippen LogP contribution in [0.15, 0.2) is 9.21 Å². The molecule has 0 N–H and O–H groups in total. The van der Waals surface area contributed by atoms with Gasteiger partial charge in [0.2, 0.25) is 0 Å². The molecule has 0 aromatic carbocycles. The lowest BCUT2D eigenvalue weighted by Crippen LogP contribution is -1.94. The Balaban J connectivity index is 3.54. The summed E-state index contributed by atoms with van der Waals surface area (Å²) in [4.78, 5) is 4.12. The quantitative estimate of drug-likeness (QED) is 0.688. The van der Waals surface area contributed by atoms with Crippen LogP contribution >= 0.6 is 31.9 Å². The summed E-state index contributed by atoms with van der Waals surface area (Å²) >= 11 is 6.54. The number of aromatic nitrogens is 1. The molecule has 0 atom stereocenters. The Hall–Kier alpha value is -0.400. The first-order chi connectivity index (χ1) is 5.57. The summed E-state index contributed by atoms with van der Waals surface area (Å²) in [5, 5.41) is 8.78. The van der Waals surface area contributed by atoms with Gasteiger partial charge in [0.25, 0.3) is 0 Å². The highest BCUT2D eigenvalue weighted by Crippen LogP contribution is 2.25. The van der Waals surface area contributed by atoms with Gasteiger partial charge in [-0.2, -0.15) is 5.26 Å². The van der Waals surface area contributed by atoms with Gasteiger partial charge in [-0.25, -0.2) is 4.98 Å². The monoisotopic (exact) mass is 288 g/mol. The molecule has 1 heterocycles. The molecule has 0 saturated carbocycles. The predicted octanol–water partition coefficient (Wildman–Crippen LogP) is 3.10. The zero-order valence-corrected chi connectivity index (χ0v) is 9.82. The van der Waals surface area contributed by atoms with E-state index >= 15 is 0 Å². The molecule has 0 saturated heterocycles. The number of nitrogens with zero attached hydrogens (tertiary/aromatic N) is 2. The Morgan fingerprint density at radius 3 is 2.25 bits per heavy atom. The smallest absolute Gasteiger partial charge is 0.125 e. The lowest BCUT2D eigenvalue weighted by atomic mass is 10.1. The van der Waals surface area contributed by atoms with Crippen molar-refractivity contribution in [1.29, 1.82) is 5.26 Å². The molecule has 4 heteroatoms. The van der Waals surface area contributed by atoms with Crippen molar-refractivity contribution in [3.8, 4) is 6.07 Å². The molecule has 62 valence electrons. The second-order valence-corrected chi connectivity index (χ2v) is 3.93. The van der Waals surface area contributed by atoms with Gasteiger partial charge in [0, 0.05) is 0 Å². The van der Waals surface area contributed by atoms with Crippen molar-refractivity contribution in [2.75, 3.05) is 0 Å². The Morgan fingerprint density at radius 1 is 1.17 bits per heavy atom. The van der Waals surface area contributed by atoms with Crippen LogP contribution in [-0.2, 0) is 0 Å². The topological polar surface area (TPSA) is 36.7 Å². The van der Waals surface area contributed by atoms with Crippen molar-refractivity contribution < 1.29 is 0 Å². The van der Waals surface area contributed by atoms with Gasteiger partial charge in [-0.15, -0.1) is 0 Å². The fourth-order valence-corrected chi connectivity index (χ4v) is 2.13. The van der Waals surface area contributed by atoms with Gasteiger partial charge in [0.15, 0.2) is 0 Å². The van der Waals surface area contributed by atoms with Crippen molar-refractivity contribution in [3.63, 3.8) is 0 Å². The van der Waals surface area contributed by atoms with Crippen LogP contribution in [0.25, 0.3) is 0 Å². The third-order valence-corrected chi connectivity index (χ3v) is 3.11. The van der Waals surface area contributed by atoms with Crippen molar-refractivity contribution in [2.45, 2.75) is 13.8 Å². The van der Waals surface area contributed by atoms with Gasteiger partial charge in [0.1, 0.15) is 15.3 Å². The van der Waals surface area contributed by atoms with Crippen molar-refractivity contribution in [2.24, 2.45) is 0 Å². The molecule has 0 unspecified atom stereocenters. The highest BCUT2D eigenvalue weighted by atomic mass is 79.9. The first-order valence-electron chi connectivity index (χ1n) is 3.30. The largest absolute Gasteiger partial charge is 0.232 e. The molecular weight excluding hydrogens is 284 g/mol. The summed E-state index contributed by atoms with van der Waals surface area (Å²) in [6.45, 7) is 3.84. The average Bonchev–Trinajstić information content (AvgIpc) is 2.01. The highest BCUT2D eigenvalue weighted by Gasteiger charge is 2.09.